The van der Waals surface area contributed by atoms with Crippen molar-refractivity contribution in [2.45, 2.75) is 40.3 Å². The summed E-state index contributed by atoms with van der Waals surface area (Å²) in [6.07, 6.45) is 0.900. The van der Waals surface area contributed by atoms with Crippen LogP contribution in [0.4, 0.5) is 0 Å². The summed E-state index contributed by atoms with van der Waals surface area (Å²) in [5, 5.41) is 5.25. The van der Waals surface area contributed by atoms with E-state index >= 15 is 0 Å². The van der Waals surface area contributed by atoms with Gasteiger partial charge in [-0.05, 0) is 53.9 Å². The molecule has 0 fully saturated rings. The van der Waals surface area contributed by atoms with Crippen LogP contribution >= 0.6 is 27.5 Å². The van der Waals surface area contributed by atoms with Crippen molar-refractivity contribution in [3.05, 3.63) is 44.6 Å². The highest BCUT2D eigenvalue weighted by Crippen LogP contribution is 2.26. The molecule has 1 aromatic heterocycles. The summed E-state index contributed by atoms with van der Waals surface area (Å²) in [6, 6.07) is 5.67. The summed E-state index contributed by atoms with van der Waals surface area (Å²) < 4.78 is 8.93. The van der Waals surface area contributed by atoms with Crippen LogP contribution in [0.3, 0.4) is 0 Å². The first kappa shape index (κ1) is 15.4. The number of nitrogens with zero attached hydrogens (tertiary/aromatic N) is 2. The third-order valence-corrected chi connectivity index (χ3v) is 4.36. The summed E-state index contributed by atoms with van der Waals surface area (Å²) in [6.45, 7) is 7.48. The molecule has 1 aromatic carbocycles. The van der Waals surface area contributed by atoms with Crippen molar-refractivity contribution in [3.8, 4) is 5.75 Å². The molecule has 0 amide bonds. The molecule has 2 rings (SSSR count). The second-order valence-corrected chi connectivity index (χ2v) is 5.80. The summed E-state index contributed by atoms with van der Waals surface area (Å²) in [5.41, 5.74) is 3.20. The summed E-state index contributed by atoms with van der Waals surface area (Å²) in [7, 11) is 0. The highest BCUT2D eigenvalue weighted by molar-refractivity contribution is 9.10. The van der Waals surface area contributed by atoms with Gasteiger partial charge in [-0.1, -0.05) is 24.6 Å². The van der Waals surface area contributed by atoms with Crippen LogP contribution in [-0.4, -0.2) is 9.78 Å². The zero-order chi connectivity index (χ0) is 14.7. The normalized spacial score (nSPS) is 10.8. The fraction of sp³-hybridized carbons (Fsp3) is 0.400. The molecule has 0 spiro atoms. The van der Waals surface area contributed by atoms with E-state index in [4.69, 9.17) is 16.3 Å². The average Bonchev–Trinajstić information content (AvgIpc) is 2.75. The van der Waals surface area contributed by atoms with Gasteiger partial charge in [0.05, 0.1) is 15.9 Å². The van der Waals surface area contributed by atoms with Crippen molar-refractivity contribution in [1.82, 2.24) is 9.78 Å². The summed E-state index contributed by atoms with van der Waals surface area (Å²) >= 11 is 9.63. The van der Waals surface area contributed by atoms with Gasteiger partial charge in [0, 0.05) is 11.6 Å². The van der Waals surface area contributed by atoms with E-state index < -0.39 is 0 Å². The zero-order valence-corrected chi connectivity index (χ0v) is 14.3. The van der Waals surface area contributed by atoms with Gasteiger partial charge in [-0.3, -0.25) is 4.68 Å². The molecule has 0 saturated carbocycles. The van der Waals surface area contributed by atoms with Crippen LogP contribution in [0.5, 0.6) is 5.75 Å². The Kier molecular flexibility index (Phi) is 5.11. The monoisotopic (exact) mass is 356 g/mol. The van der Waals surface area contributed by atoms with Gasteiger partial charge in [0.2, 0.25) is 0 Å². The second-order valence-electron chi connectivity index (χ2n) is 4.58. The van der Waals surface area contributed by atoms with Gasteiger partial charge in [0.15, 0.2) is 0 Å². The highest BCUT2D eigenvalue weighted by atomic mass is 79.9. The number of rotatable bonds is 5. The van der Waals surface area contributed by atoms with Crippen molar-refractivity contribution >= 4 is 27.5 Å². The molecule has 0 saturated heterocycles. The van der Waals surface area contributed by atoms with Crippen LogP contribution in [0, 0.1) is 6.92 Å². The van der Waals surface area contributed by atoms with Gasteiger partial charge in [-0.2, -0.15) is 5.10 Å². The number of aromatic nitrogens is 2. The van der Waals surface area contributed by atoms with E-state index in [0.29, 0.717) is 11.6 Å². The second kappa shape index (κ2) is 6.64. The minimum absolute atomic E-state index is 0.475. The van der Waals surface area contributed by atoms with Gasteiger partial charge >= 0.3 is 0 Å². The van der Waals surface area contributed by atoms with Crippen LogP contribution in [0.1, 0.15) is 30.8 Å². The molecule has 5 heteroatoms. The number of ether oxygens (including phenoxy) is 1. The average molecular weight is 358 g/mol. The Morgan fingerprint density at radius 3 is 2.75 bits per heavy atom. The van der Waals surface area contributed by atoms with Gasteiger partial charge in [0.1, 0.15) is 12.4 Å². The fourth-order valence-corrected chi connectivity index (χ4v) is 2.87. The largest absolute Gasteiger partial charge is 0.487 e. The molecule has 0 aliphatic rings. The van der Waals surface area contributed by atoms with E-state index in [2.05, 4.69) is 34.9 Å². The fourth-order valence-electron chi connectivity index (χ4n) is 2.03. The van der Waals surface area contributed by atoms with Gasteiger partial charge in [-0.25, -0.2) is 0 Å². The van der Waals surface area contributed by atoms with Crippen LogP contribution in [0.2, 0.25) is 5.02 Å². The van der Waals surface area contributed by atoms with Crippen LogP contribution in [0.25, 0.3) is 0 Å². The van der Waals surface area contributed by atoms with Crippen molar-refractivity contribution in [1.29, 1.82) is 0 Å². The minimum atomic E-state index is 0.475. The maximum absolute atomic E-state index is 6.01. The molecule has 3 nitrogen and oxygen atoms in total. The Morgan fingerprint density at radius 2 is 2.10 bits per heavy atom. The molecule has 0 bridgehead atoms. The first-order valence-corrected chi connectivity index (χ1v) is 7.86. The maximum Gasteiger partial charge on any atom is 0.131 e. The molecule has 20 heavy (non-hydrogen) atoms. The van der Waals surface area contributed by atoms with Crippen LogP contribution in [-0.2, 0) is 19.6 Å². The number of aryl methyl sites for hydroxylation is 3. The molecule has 0 radical (unpaired) electrons. The number of hydrogen-bond acceptors (Lipinski definition) is 2. The number of hydrogen-bond donors (Lipinski definition) is 0. The Balaban J connectivity index is 2.22. The molecule has 2 aromatic rings. The van der Waals surface area contributed by atoms with Crippen molar-refractivity contribution in [3.63, 3.8) is 0 Å². The first-order valence-electron chi connectivity index (χ1n) is 6.69. The lowest BCUT2D eigenvalue weighted by molar-refractivity contribution is 0.290. The molecule has 1 heterocycles. The van der Waals surface area contributed by atoms with E-state index in [-0.39, 0.29) is 0 Å². The SMILES string of the molecule is CCc1nn(CC)c(COc2cc(Cl)ccc2C)c1Br. The van der Waals surface area contributed by atoms with Gasteiger partial charge in [0.25, 0.3) is 0 Å². The Morgan fingerprint density at radius 1 is 1.35 bits per heavy atom. The summed E-state index contributed by atoms with van der Waals surface area (Å²) in [5.74, 6) is 0.811. The van der Waals surface area contributed by atoms with Gasteiger partial charge in [-0.15, -0.1) is 0 Å². The third-order valence-electron chi connectivity index (χ3n) is 3.21. The van der Waals surface area contributed by atoms with Crippen molar-refractivity contribution < 1.29 is 4.74 Å². The molecule has 0 atom stereocenters. The molecule has 0 N–H and O–H groups in total. The van der Waals surface area contributed by atoms with E-state index in [0.717, 1.165) is 40.1 Å². The molecular weight excluding hydrogens is 340 g/mol. The molecule has 0 aliphatic carbocycles. The number of halogens is 2. The Hall–Kier alpha value is -1.000. The van der Waals surface area contributed by atoms with E-state index in [9.17, 15) is 0 Å². The quantitative estimate of drug-likeness (QED) is 0.771. The summed E-state index contributed by atoms with van der Waals surface area (Å²) in [4.78, 5) is 0. The molecule has 0 unspecified atom stereocenters. The van der Waals surface area contributed by atoms with Crippen LogP contribution in [0.15, 0.2) is 22.7 Å². The molecular formula is C15H18BrClN2O. The lowest BCUT2D eigenvalue weighted by atomic mass is 10.2. The van der Waals surface area contributed by atoms with Crippen LogP contribution < -0.4 is 4.74 Å². The Bertz CT molecular complexity index is 610. The van der Waals surface area contributed by atoms with E-state index in [1.54, 1.807) is 0 Å². The lowest BCUT2D eigenvalue weighted by Crippen LogP contribution is -2.07. The van der Waals surface area contributed by atoms with Crippen molar-refractivity contribution in [2.75, 3.05) is 0 Å². The van der Waals surface area contributed by atoms with Crippen molar-refractivity contribution in [2.24, 2.45) is 0 Å². The first-order chi connectivity index (χ1) is 9.56. The van der Waals surface area contributed by atoms with Gasteiger partial charge < -0.3 is 4.74 Å². The highest BCUT2D eigenvalue weighted by Gasteiger charge is 2.14. The third kappa shape index (κ3) is 3.18. The van der Waals surface area contributed by atoms with E-state index in [1.165, 1.54) is 0 Å². The standard InChI is InChI=1S/C15H18BrClN2O/c1-4-12-15(16)13(19(5-2)18-12)9-20-14-8-11(17)7-6-10(14)3/h6-8H,4-5,9H2,1-3H3. The van der Waals surface area contributed by atoms with E-state index in [1.807, 2.05) is 29.8 Å². The topological polar surface area (TPSA) is 27.1 Å². The molecule has 108 valence electrons. The smallest absolute Gasteiger partial charge is 0.131 e. The minimum Gasteiger partial charge on any atom is -0.487 e. The Labute approximate surface area is 133 Å². The zero-order valence-electron chi connectivity index (χ0n) is 11.9. The number of benzene rings is 1. The maximum atomic E-state index is 6.01. The predicted octanol–water partition coefficient (Wildman–Crippen LogP) is 4.77. The molecule has 0 aliphatic heterocycles. The predicted molar refractivity (Wildman–Crippen MR) is 85.5 cm³/mol. The lowest BCUT2D eigenvalue weighted by Gasteiger charge is -2.11.